The summed E-state index contributed by atoms with van der Waals surface area (Å²) in [5.41, 5.74) is 10.6. The third kappa shape index (κ3) is 4.19. The van der Waals surface area contributed by atoms with E-state index in [9.17, 15) is 9.59 Å². The maximum Gasteiger partial charge on any atom is 0.417 e. The van der Waals surface area contributed by atoms with Crippen LogP contribution in [0.4, 0.5) is 0 Å². The molecule has 0 radical (unpaired) electrons. The van der Waals surface area contributed by atoms with E-state index in [1.807, 2.05) is 38.1 Å². The number of H-pyrrole nitrogens is 1. The Labute approximate surface area is 163 Å². The van der Waals surface area contributed by atoms with E-state index in [-0.39, 0.29) is 18.5 Å². The number of carbonyl (C=O) groups excluding carboxylic acids is 1. The summed E-state index contributed by atoms with van der Waals surface area (Å²) in [7, 11) is 0. The van der Waals surface area contributed by atoms with Crippen LogP contribution < -0.4 is 16.8 Å². The van der Waals surface area contributed by atoms with E-state index < -0.39 is 5.76 Å². The highest BCUT2D eigenvalue weighted by atomic mass is 16.4. The molecular formula is C21H26N4O3. The number of amides is 1. The number of primary amides is 1. The monoisotopic (exact) mass is 382 g/mol. The van der Waals surface area contributed by atoms with E-state index in [2.05, 4.69) is 28.2 Å². The van der Waals surface area contributed by atoms with E-state index >= 15 is 0 Å². The molecule has 4 N–H and O–H groups in total. The van der Waals surface area contributed by atoms with Crippen LogP contribution in [0.3, 0.4) is 0 Å². The topological polar surface area (TPSA) is 104 Å². The highest BCUT2D eigenvalue weighted by molar-refractivity contribution is 5.77. The predicted octanol–water partition coefficient (Wildman–Crippen LogP) is 2.87. The van der Waals surface area contributed by atoms with Crippen LogP contribution in [0.25, 0.3) is 11.1 Å². The lowest BCUT2D eigenvalue weighted by atomic mass is 10.1. The molecule has 7 nitrogen and oxygen atoms in total. The van der Waals surface area contributed by atoms with Gasteiger partial charge in [-0.25, -0.2) is 4.79 Å². The van der Waals surface area contributed by atoms with Crippen molar-refractivity contribution in [3.05, 3.63) is 69.5 Å². The molecule has 1 amide bonds. The van der Waals surface area contributed by atoms with Gasteiger partial charge in [-0.1, -0.05) is 35.9 Å². The van der Waals surface area contributed by atoms with Crippen LogP contribution in [-0.2, 0) is 11.3 Å². The molecule has 0 saturated heterocycles. The van der Waals surface area contributed by atoms with Crippen molar-refractivity contribution < 1.29 is 9.21 Å². The molecule has 28 heavy (non-hydrogen) atoms. The Hall–Kier alpha value is -3.22. The fourth-order valence-electron chi connectivity index (χ4n) is 3.52. The first-order valence-electron chi connectivity index (χ1n) is 9.31. The molecule has 2 aromatic rings. The second-order valence-corrected chi connectivity index (χ2v) is 7.04. The number of hydrogen-bond acceptors (Lipinski definition) is 5. The Morgan fingerprint density at radius 3 is 2.86 bits per heavy atom. The van der Waals surface area contributed by atoms with Gasteiger partial charge < -0.3 is 20.4 Å². The van der Waals surface area contributed by atoms with Gasteiger partial charge >= 0.3 is 5.76 Å². The number of nitrogens with one attached hydrogen (secondary N) is 2. The summed E-state index contributed by atoms with van der Waals surface area (Å²) in [6.07, 6.45) is 6.87. The Morgan fingerprint density at radius 2 is 2.14 bits per heavy atom. The average molecular weight is 382 g/mol. The summed E-state index contributed by atoms with van der Waals surface area (Å²) in [4.78, 5) is 28.1. The van der Waals surface area contributed by atoms with Gasteiger partial charge in [0.2, 0.25) is 5.91 Å². The highest BCUT2D eigenvalue weighted by Crippen LogP contribution is 2.30. The number of allylic oxidation sites excluding steroid dienone is 4. The molecule has 0 saturated carbocycles. The summed E-state index contributed by atoms with van der Waals surface area (Å²) in [6.45, 7) is 6.56. The minimum Gasteiger partial charge on any atom is -0.407 e. The third-order valence-electron chi connectivity index (χ3n) is 4.78. The number of fused-ring (bicyclic) bond motifs is 1. The van der Waals surface area contributed by atoms with Crippen LogP contribution in [0.5, 0.6) is 0 Å². The molecule has 7 heteroatoms. The van der Waals surface area contributed by atoms with Gasteiger partial charge in [0, 0.05) is 29.9 Å². The fraction of sp³-hybridized carbons (Fsp3) is 0.333. The van der Waals surface area contributed by atoms with Crippen LogP contribution in [0, 0.1) is 0 Å². The first kappa shape index (κ1) is 19.5. The Bertz CT molecular complexity index is 1030. The number of nitrogens with two attached hydrogens (primary N) is 1. The number of benzene rings is 1. The van der Waals surface area contributed by atoms with E-state index in [0.29, 0.717) is 24.1 Å². The predicted molar refractivity (Wildman–Crippen MR) is 109 cm³/mol. The molecule has 0 bridgehead atoms. The summed E-state index contributed by atoms with van der Waals surface area (Å²) in [5.74, 6) is -0.858. The van der Waals surface area contributed by atoms with Crippen molar-refractivity contribution in [3.63, 3.8) is 0 Å². The highest BCUT2D eigenvalue weighted by Gasteiger charge is 2.29. The molecule has 0 spiro atoms. The van der Waals surface area contributed by atoms with Crippen molar-refractivity contribution >= 4 is 17.0 Å². The van der Waals surface area contributed by atoms with Crippen LogP contribution in [-0.4, -0.2) is 22.0 Å². The van der Waals surface area contributed by atoms with Crippen LogP contribution in [0.1, 0.15) is 39.2 Å². The van der Waals surface area contributed by atoms with Gasteiger partial charge in [-0.2, -0.15) is 0 Å². The molecule has 3 rings (SSSR count). The quantitative estimate of drug-likeness (QED) is 0.639. The van der Waals surface area contributed by atoms with E-state index in [1.54, 1.807) is 6.07 Å². The zero-order valence-corrected chi connectivity index (χ0v) is 16.4. The van der Waals surface area contributed by atoms with Gasteiger partial charge in [0.1, 0.15) is 0 Å². The van der Waals surface area contributed by atoms with Gasteiger partial charge in [0.25, 0.3) is 0 Å². The molecule has 1 aliphatic heterocycles. The number of nitrogens with zero attached hydrogens (tertiary/aromatic N) is 1. The van der Waals surface area contributed by atoms with Crippen molar-refractivity contribution in [1.29, 1.82) is 0 Å². The standard InChI is InChI=1S/C21H26N4O3/c1-4-5-7-13(2)10-17-18(11-19(22)26)25(14(3)23-17)12-15-8-6-9-16-20(15)28-21(27)24-16/h4-9,14,23H,10-12H2,1-3H3,(H2,22,26)(H,24,27)/b5-4-,13-7+. The van der Waals surface area contributed by atoms with Gasteiger partial charge in [-0.05, 0) is 26.8 Å². The van der Waals surface area contributed by atoms with Crippen molar-refractivity contribution in [2.45, 2.75) is 46.3 Å². The normalized spacial score (nSPS) is 17.8. The zero-order chi connectivity index (χ0) is 20.3. The van der Waals surface area contributed by atoms with Gasteiger partial charge in [0.15, 0.2) is 5.58 Å². The number of oxazole rings is 1. The van der Waals surface area contributed by atoms with Gasteiger partial charge in [-0.3, -0.25) is 9.78 Å². The van der Waals surface area contributed by atoms with Crippen LogP contribution >= 0.6 is 0 Å². The molecule has 0 aliphatic carbocycles. The summed E-state index contributed by atoms with van der Waals surface area (Å²) in [6, 6.07) is 5.60. The maximum atomic E-state index is 11.7. The number of aromatic nitrogens is 1. The Kier molecular flexibility index (Phi) is 5.73. The number of rotatable bonds is 7. The van der Waals surface area contributed by atoms with E-state index in [4.69, 9.17) is 10.2 Å². The van der Waals surface area contributed by atoms with Gasteiger partial charge in [-0.15, -0.1) is 0 Å². The molecule has 1 aromatic heterocycles. The first-order chi connectivity index (χ1) is 13.4. The lowest BCUT2D eigenvalue weighted by Crippen LogP contribution is -2.35. The fourth-order valence-corrected chi connectivity index (χ4v) is 3.52. The molecule has 1 atom stereocenters. The minimum absolute atomic E-state index is 0.0141. The SMILES string of the molecule is C/C=C\C=C(/C)CC1=C(CC(N)=O)N(Cc2cccc3[nH]c(=O)oc23)C(C)N1. The maximum absolute atomic E-state index is 11.7. The zero-order valence-electron chi connectivity index (χ0n) is 16.4. The second-order valence-electron chi connectivity index (χ2n) is 7.04. The summed E-state index contributed by atoms with van der Waals surface area (Å²) in [5, 5.41) is 3.47. The molecular weight excluding hydrogens is 356 g/mol. The number of hydrogen-bond donors (Lipinski definition) is 3. The largest absolute Gasteiger partial charge is 0.417 e. The summed E-state index contributed by atoms with van der Waals surface area (Å²) >= 11 is 0. The lowest BCUT2D eigenvalue weighted by molar-refractivity contribution is -0.117. The first-order valence-corrected chi connectivity index (χ1v) is 9.31. The van der Waals surface area contributed by atoms with Crippen molar-refractivity contribution in [2.24, 2.45) is 5.73 Å². The third-order valence-corrected chi connectivity index (χ3v) is 4.78. The molecule has 148 valence electrons. The van der Waals surface area contributed by atoms with Crippen molar-refractivity contribution in [2.75, 3.05) is 0 Å². The Balaban J connectivity index is 1.95. The Morgan fingerprint density at radius 1 is 1.36 bits per heavy atom. The van der Waals surface area contributed by atoms with Gasteiger partial charge in [0.05, 0.1) is 18.1 Å². The second kappa shape index (κ2) is 8.21. The number of aromatic amines is 1. The van der Waals surface area contributed by atoms with Crippen molar-refractivity contribution in [1.82, 2.24) is 15.2 Å². The van der Waals surface area contributed by atoms with E-state index in [0.717, 1.165) is 17.0 Å². The molecule has 1 unspecified atom stereocenters. The smallest absolute Gasteiger partial charge is 0.407 e. The average Bonchev–Trinajstić information content (AvgIpc) is 3.14. The van der Waals surface area contributed by atoms with Crippen LogP contribution in [0.15, 0.2) is 62.6 Å². The van der Waals surface area contributed by atoms with E-state index in [1.165, 1.54) is 5.57 Å². The number of para-hydroxylation sites is 1. The molecule has 0 fully saturated rings. The molecule has 1 aliphatic rings. The minimum atomic E-state index is -0.478. The lowest BCUT2D eigenvalue weighted by Gasteiger charge is -2.26. The molecule has 1 aromatic carbocycles. The van der Waals surface area contributed by atoms with Crippen molar-refractivity contribution in [3.8, 4) is 0 Å². The number of carbonyl (C=O) groups is 1. The molecule has 2 heterocycles. The summed E-state index contributed by atoms with van der Waals surface area (Å²) < 4.78 is 5.31. The van der Waals surface area contributed by atoms with Crippen LogP contribution in [0.2, 0.25) is 0 Å².